The highest BCUT2D eigenvalue weighted by Gasteiger charge is 2.46. The molecule has 1 aliphatic rings. The summed E-state index contributed by atoms with van der Waals surface area (Å²) < 4.78 is 1.85. The highest BCUT2D eigenvalue weighted by Crippen LogP contribution is 2.39. The summed E-state index contributed by atoms with van der Waals surface area (Å²) in [6, 6.07) is 6.06. The molecule has 6 N–H and O–H groups in total. The molecule has 148 valence electrons. The zero-order valence-corrected chi connectivity index (χ0v) is 15.7. The fourth-order valence-electron chi connectivity index (χ4n) is 3.37. The maximum Gasteiger partial charge on any atom is 0.200 e. The molecular weight excluding hydrogens is 370 g/mol. The molecule has 0 radical (unpaired) electrons. The molecule has 4 rings (SSSR count). The van der Waals surface area contributed by atoms with Crippen LogP contribution >= 0.6 is 0 Å². The van der Waals surface area contributed by atoms with Gasteiger partial charge in [0.2, 0.25) is 0 Å². The number of rotatable bonds is 6. The maximum atomic E-state index is 9.34. The predicted molar refractivity (Wildman–Crippen MR) is 108 cm³/mol. The largest absolute Gasteiger partial charge is 0.369 e. The third-order valence-electron chi connectivity index (χ3n) is 4.84. The lowest BCUT2D eigenvalue weighted by atomic mass is 9.86. The Morgan fingerprint density at radius 3 is 2.97 bits per heavy atom. The van der Waals surface area contributed by atoms with Crippen LogP contribution in [0.4, 0.5) is 17.2 Å². The third-order valence-corrected chi connectivity index (χ3v) is 4.84. The molecule has 0 saturated carbocycles. The lowest BCUT2D eigenvalue weighted by molar-refractivity contribution is 0.198. The van der Waals surface area contributed by atoms with Crippen molar-refractivity contribution in [1.82, 2.24) is 25.0 Å². The summed E-state index contributed by atoms with van der Waals surface area (Å²) in [5.74, 6) is 0.699. The Balaban J connectivity index is 1.55. The summed E-state index contributed by atoms with van der Waals surface area (Å²) in [6.45, 7) is 1.63. The lowest BCUT2D eigenvalue weighted by Gasteiger charge is -2.50. The van der Waals surface area contributed by atoms with Gasteiger partial charge in [-0.05, 0) is 12.1 Å². The first kappa shape index (κ1) is 18.5. The van der Waals surface area contributed by atoms with Crippen LogP contribution < -0.4 is 21.7 Å². The number of hydrogen-bond acceptors (Lipinski definition) is 7. The molecule has 0 atom stereocenters. The van der Waals surface area contributed by atoms with E-state index >= 15 is 0 Å². The summed E-state index contributed by atoms with van der Waals surface area (Å²) in [6.07, 6.45) is 8.93. The summed E-state index contributed by atoms with van der Waals surface area (Å²) in [4.78, 5) is 10.9. The minimum atomic E-state index is -0.403. The van der Waals surface area contributed by atoms with Crippen LogP contribution in [0.15, 0.2) is 48.1 Å². The van der Waals surface area contributed by atoms with Gasteiger partial charge in [-0.2, -0.15) is 20.5 Å². The zero-order chi connectivity index (χ0) is 20.3. The van der Waals surface area contributed by atoms with Crippen molar-refractivity contribution in [2.45, 2.75) is 18.5 Å². The van der Waals surface area contributed by atoms with Crippen molar-refractivity contribution in [2.75, 3.05) is 23.3 Å². The second-order valence-corrected chi connectivity index (χ2v) is 6.87. The Labute approximate surface area is 167 Å². The van der Waals surface area contributed by atoms with Gasteiger partial charge in [0, 0.05) is 43.8 Å². The van der Waals surface area contributed by atoms with Crippen LogP contribution in [-0.4, -0.2) is 44.0 Å². The normalized spacial score (nSPS) is 15.6. The number of aliphatic imine (C=N–C) groups is 1. The van der Waals surface area contributed by atoms with E-state index in [0.29, 0.717) is 37.6 Å². The average molecular weight is 391 g/mol. The van der Waals surface area contributed by atoms with Gasteiger partial charge in [0.15, 0.2) is 11.8 Å². The molecule has 3 aromatic heterocycles. The summed E-state index contributed by atoms with van der Waals surface area (Å²) in [5.41, 5.74) is 13.8. The Morgan fingerprint density at radius 1 is 1.41 bits per heavy atom. The van der Waals surface area contributed by atoms with E-state index in [4.69, 9.17) is 11.5 Å². The molecule has 0 aromatic carbocycles. The van der Waals surface area contributed by atoms with E-state index in [1.807, 2.05) is 23.0 Å². The molecule has 3 aromatic rings. The molecule has 1 aliphatic heterocycles. The zero-order valence-electron chi connectivity index (χ0n) is 15.7. The molecule has 11 heteroatoms. The van der Waals surface area contributed by atoms with Gasteiger partial charge in [0.1, 0.15) is 5.54 Å². The molecule has 0 aliphatic carbocycles. The topological polar surface area (TPSA) is 163 Å². The Morgan fingerprint density at radius 2 is 2.28 bits per heavy atom. The van der Waals surface area contributed by atoms with Crippen molar-refractivity contribution in [2.24, 2.45) is 16.5 Å². The van der Waals surface area contributed by atoms with Gasteiger partial charge in [0.05, 0.1) is 36.3 Å². The SMILES string of the molecule is N#CCC1(n2cc(CN)cn2)CN(c2cccnc2N=C(N)Nc2cn[nH]c2)C1. The summed E-state index contributed by atoms with van der Waals surface area (Å²) in [5, 5.41) is 23.3. The van der Waals surface area contributed by atoms with Crippen LogP contribution in [0.1, 0.15) is 12.0 Å². The molecule has 0 unspecified atom stereocenters. The first-order chi connectivity index (χ1) is 14.1. The van der Waals surface area contributed by atoms with Crippen molar-refractivity contribution >= 4 is 23.2 Å². The third kappa shape index (κ3) is 3.61. The average Bonchev–Trinajstić information content (AvgIpc) is 3.37. The van der Waals surface area contributed by atoms with E-state index in [0.717, 1.165) is 11.3 Å². The Hall–Kier alpha value is -3.91. The van der Waals surface area contributed by atoms with Crippen molar-refractivity contribution in [3.63, 3.8) is 0 Å². The molecule has 1 saturated heterocycles. The number of pyridine rings is 1. The van der Waals surface area contributed by atoms with Crippen LogP contribution in [0.5, 0.6) is 0 Å². The number of hydrogen-bond donors (Lipinski definition) is 4. The molecular formula is C18H21N11. The first-order valence-corrected chi connectivity index (χ1v) is 9.04. The molecule has 1 fully saturated rings. The highest BCUT2D eigenvalue weighted by molar-refractivity contribution is 5.94. The molecule has 0 spiro atoms. The van der Waals surface area contributed by atoms with Crippen molar-refractivity contribution in [3.8, 4) is 6.07 Å². The monoisotopic (exact) mass is 391 g/mol. The standard InChI is InChI=1S/C18H21N11/c19-4-3-18(29-10-13(6-20)7-25-29)11-28(12-18)15-2-1-5-22-16(15)27-17(21)26-14-8-23-24-9-14/h1-2,5,7-10H,3,6,11-12,20H2,(H,23,24)(H3,21,22,26,27). The van der Waals surface area contributed by atoms with Crippen LogP contribution in [0.25, 0.3) is 0 Å². The van der Waals surface area contributed by atoms with Crippen LogP contribution in [0, 0.1) is 11.3 Å². The molecule has 0 amide bonds. The predicted octanol–water partition coefficient (Wildman–Crippen LogP) is 0.647. The van der Waals surface area contributed by atoms with Crippen LogP contribution in [0.3, 0.4) is 0 Å². The molecule has 0 bridgehead atoms. The Kier molecular flexibility index (Phi) is 4.84. The van der Waals surface area contributed by atoms with Gasteiger partial charge in [-0.15, -0.1) is 0 Å². The number of aromatic nitrogens is 5. The Bertz CT molecular complexity index is 1040. The molecule has 29 heavy (non-hydrogen) atoms. The second kappa shape index (κ2) is 7.61. The summed E-state index contributed by atoms with van der Waals surface area (Å²) >= 11 is 0. The van der Waals surface area contributed by atoms with Gasteiger partial charge in [-0.3, -0.25) is 9.78 Å². The van der Waals surface area contributed by atoms with E-state index in [1.165, 1.54) is 0 Å². The number of aromatic amines is 1. The van der Waals surface area contributed by atoms with Gasteiger partial charge < -0.3 is 21.7 Å². The van der Waals surface area contributed by atoms with Gasteiger partial charge in [-0.1, -0.05) is 0 Å². The van der Waals surface area contributed by atoms with Gasteiger partial charge in [0.25, 0.3) is 0 Å². The number of nitrogens with two attached hydrogens (primary N) is 2. The van der Waals surface area contributed by atoms with E-state index in [1.54, 1.807) is 24.8 Å². The summed E-state index contributed by atoms with van der Waals surface area (Å²) in [7, 11) is 0. The second-order valence-electron chi connectivity index (χ2n) is 6.87. The number of anilines is 2. The number of nitrogens with zero attached hydrogens (tertiary/aromatic N) is 7. The van der Waals surface area contributed by atoms with E-state index in [-0.39, 0.29) is 5.96 Å². The molecule has 4 heterocycles. The number of guanidine groups is 1. The minimum absolute atomic E-state index is 0.204. The van der Waals surface area contributed by atoms with E-state index in [9.17, 15) is 5.26 Å². The fraction of sp³-hybridized carbons (Fsp3) is 0.278. The maximum absolute atomic E-state index is 9.34. The smallest absolute Gasteiger partial charge is 0.200 e. The minimum Gasteiger partial charge on any atom is -0.369 e. The van der Waals surface area contributed by atoms with E-state index < -0.39 is 5.54 Å². The van der Waals surface area contributed by atoms with E-state index in [2.05, 4.69) is 41.6 Å². The van der Waals surface area contributed by atoms with Crippen molar-refractivity contribution in [1.29, 1.82) is 5.26 Å². The highest BCUT2D eigenvalue weighted by atomic mass is 15.4. The lowest BCUT2D eigenvalue weighted by Crippen LogP contribution is -2.63. The van der Waals surface area contributed by atoms with Crippen molar-refractivity contribution < 1.29 is 0 Å². The van der Waals surface area contributed by atoms with Crippen LogP contribution in [-0.2, 0) is 12.1 Å². The number of nitriles is 1. The van der Waals surface area contributed by atoms with Gasteiger partial charge >= 0.3 is 0 Å². The van der Waals surface area contributed by atoms with Crippen molar-refractivity contribution in [3.05, 3.63) is 48.7 Å². The first-order valence-electron chi connectivity index (χ1n) is 9.04. The van der Waals surface area contributed by atoms with Gasteiger partial charge in [-0.25, -0.2) is 4.98 Å². The number of H-pyrrole nitrogens is 1. The molecule has 11 nitrogen and oxygen atoms in total. The fourth-order valence-corrected chi connectivity index (χ4v) is 3.37. The number of nitrogens with one attached hydrogen (secondary N) is 2. The quantitative estimate of drug-likeness (QED) is 0.351. The van der Waals surface area contributed by atoms with Crippen LogP contribution in [0.2, 0.25) is 0 Å².